The number of halogens is 6. The van der Waals surface area contributed by atoms with Gasteiger partial charge in [-0.05, 0) is 81.9 Å². The third-order valence-corrected chi connectivity index (χ3v) is 5.00. The fraction of sp³-hybridized carbons (Fsp3) is 0. The summed E-state index contributed by atoms with van der Waals surface area (Å²) in [6, 6.07) is 16.8. The highest BCUT2D eigenvalue weighted by Crippen LogP contribution is 2.40. The third-order valence-electron chi connectivity index (χ3n) is 5.00. The monoisotopic (exact) mass is 440 g/mol. The van der Waals surface area contributed by atoms with Crippen LogP contribution in [0.15, 0.2) is 91.0 Å². The molecule has 0 amide bonds. The van der Waals surface area contributed by atoms with Crippen LogP contribution in [0.3, 0.4) is 0 Å². The summed E-state index contributed by atoms with van der Waals surface area (Å²) in [5, 5.41) is 0. The first-order valence-corrected chi connectivity index (χ1v) is 9.50. The van der Waals surface area contributed by atoms with Crippen LogP contribution in [0.5, 0.6) is 0 Å². The Morgan fingerprint density at radius 3 is 1.12 bits per heavy atom. The van der Waals surface area contributed by atoms with Gasteiger partial charge in [0.25, 0.3) is 6.08 Å². The molecule has 4 aromatic rings. The molecule has 6 heteroatoms. The molecule has 0 bridgehead atoms. The first-order chi connectivity index (χ1) is 15.3. The zero-order valence-corrected chi connectivity index (χ0v) is 16.4. The quantitative estimate of drug-likeness (QED) is 0.280. The Morgan fingerprint density at radius 2 is 0.781 bits per heavy atom. The number of hydrogen-bond acceptors (Lipinski definition) is 0. The topological polar surface area (TPSA) is 0 Å². The van der Waals surface area contributed by atoms with Crippen LogP contribution in [0.1, 0.15) is 11.1 Å². The molecule has 4 aromatic carbocycles. The van der Waals surface area contributed by atoms with Crippen LogP contribution < -0.4 is 0 Å². The molecule has 4 rings (SSSR count). The molecule has 0 heterocycles. The van der Waals surface area contributed by atoms with Crippen molar-refractivity contribution in [2.75, 3.05) is 0 Å². The summed E-state index contributed by atoms with van der Waals surface area (Å²) in [5.41, 5.74) is 0.116. The highest BCUT2D eigenvalue weighted by molar-refractivity contribution is 5.94. The van der Waals surface area contributed by atoms with Crippen molar-refractivity contribution in [3.63, 3.8) is 0 Å². The molecule has 32 heavy (non-hydrogen) atoms. The van der Waals surface area contributed by atoms with Gasteiger partial charge in [-0.25, -0.2) is 17.6 Å². The van der Waals surface area contributed by atoms with E-state index < -0.39 is 34.9 Å². The lowest BCUT2D eigenvalue weighted by atomic mass is 9.87. The maximum Gasteiger partial charge on any atom is 0.278 e. The average molecular weight is 440 g/mol. The van der Waals surface area contributed by atoms with Gasteiger partial charge in [-0.1, -0.05) is 36.4 Å². The van der Waals surface area contributed by atoms with E-state index in [2.05, 4.69) is 0 Å². The summed E-state index contributed by atoms with van der Waals surface area (Å²) in [7, 11) is 0. The van der Waals surface area contributed by atoms with Crippen LogP contribution in [-0.2, 0) is 0 Å². The van der Waals surface area contributed by atoms with Crippen LogP contribution in [0.25, 0.3) is 27.8 Å². The average Bonchev–Trinajstić information content (AvgIpc) is 2.76. The van der Waals surface area contributed by atoms with Gasteiger partial charge in [0, 0.05) is 0 Å². The molecule has 0 aliphatic heterocycles. The van der Waals surface area contributed by atoms with Crippen LogP contribution in [0.2, 0.25) is 0 Å². The Bertz CT molecular complexity index is 1200. The van der Waals surface area contributed by atoms with E-state index in [4.69, 9.17) is 0 Å². The molecule has 0 aliphatic carbocycles. The van der Waals surface area contributed by atoms with Crippen molar-refractivity contribution in [3.8, 4) is 22.3 Å². The molecular weight excluding hydrogens is 426 g/mol. The van der Waals surface area contributed by atoms with E-state index in [1.54, 1.807) is 0 Å². The summed E-state index contributed by atoms with van der Waals surface area (Å²) >= 11 is 0. The minimum absolute atomic E-state index is 0.189. The van der Waals surface area contributed by atoms with Crippen LogP contribution >= 0.6 is 0 Å². The number of hydrogen-bond donors (Lipinski definition) is 0. The van der Waals surface area contributed by atoms with Gasteiger partial charge >= 0.3 is 0 Å². The Balaban J connectivity index is 1.99. The zero-order chi connectivity index (χ0) is 22.8. The molecule has 0 fully saturated rings. The Hall–Kier alpha value is -3.80. The fourth-order valence-electron chi connectivity index (χ4n) is 3.56. The first-order valence-electron chi connectivity index (χ1n) is 9.50. The van der Waals surface area contributed by atoms with E-state index in [1.807, 2.05) is 0 Å². The minimum Gasteiger partial charge on any atom is -0.207 e. The number of rotatable bonds is 4. The van der Waals surface area contributed by atoms with Crippen molar-refractivity contribution < 1.29 is 26.3 Å². The molecular formula is C26H14F6. The summed E-state index contributed by atoms with van der Waals surface area (Å²) < 4.78 is 83.8. The molecule has 0 aliphatic rings. The van der Waals surface area contributed by atoms with E-state index in [9.17, 15) is 26.3 Å². The Kier molecular flexibility index (Phi) is 5.86. The second-order valence-electron chi connectivity index (χ2n) is 7.03. The van der Waals surface area contributed by atoms with Crippen LogP contribution in [0, 0.1) is 23.3 Å². The summed E-state index contributed by atoms with van der Waals surface area (Å²) in [5.74, 6) is -2.59. The predicted octanol–water partition coefficient (Wildman–Crippen LogP) is 8.23. The van der Waals surface area contributed by atoms with Gasteiger partial charge in [-0.3, -0.25) is 0 Å². The van der Waals surface area contributed by atoms with E-state index >= 15 is 0 Å². The maximum atomic E-state index is 14.4. The van der Waals surface area contributed by atoms with Gasteiger partial charge in [-0.2, -0.15) is 8.78 Å². The maximum absolute atomic E-state index is 14.4. The summed E-state index contributed by atoms with van der Waals surface area (Å²) in [6.07, 6.45) is -2.16. The molecule has 0 saturated carbocycles. The Morgan fingerprint density at radius 1 is 0.438 bits per heavy atom. The summed E-state index contributed by atoms with van der Waals surface area (Å²) in [6.45, 7) is 0. The molecule has 0 aromatic heterocycles. The van der Waals surface area contributed by atoms with Crippen molar-refractivity contribution in [2.24, 2.45) is 0 Å². The largest absolute Gasteiger partial charge is 0.278 e. The SMILES string of the molecule is FC(F)=C(c1cc(F)ccc1-c1ccc(F)cc1)c1cc(F)ccc1-c1ccc(F)cc1. The van der Waals surface area contributed by atoms with Crippen molar-refractivity contribution in [1.82, 2.24) is 0 Å². The highest BCUT2D eigenvalue weighted by Gasteiger charge is 2.22. The number of benzene rings is 4. The molecule has 160 valence electrons. The van der Waals surface area contributed by atoms with Crippen molar-refractivity contribution in [2.45, 2.75) is 0 Å². The van der Waals surface area contributed by atoms with Gasteiger partial charge in [0.15, 0.2) is 0 Å². The van der Waals surface area contributed by atoms with E-state index in [-0.39, 0.29) is 22.3 Å². The molecule has 0 spiro atoms. The highest BCUT2D eigenvalue weighted by atomic mass is 19.3. The lowest BCUT2D eigenvalue weighted by Gasteiger charge is -2.17. The van der Waals surface area contributed by atoms with Crippen molar-refractivity contribution in [1.29, 1.82) is 0 Å². The van der Waals surface area contributed by atoms with Crippen molar-refractivity contribution in [3.05, 3.63) is 125 Å². The molecule has 0 atom stereocenters. The van der Waals surface area contributed by atoms with E-state index in [0.29, 0.717) is 11.1 Å². The van der Waals surface area contributed by atoms with E-state index in [1.165, 1.54) is 36.4 Å². The minimum atomic E-state index is -2.16. The fourth-order valence-corrected chi connectivity index (χ4v) is 3.56. The third kappa shape index (κ3) is 4.30. The molecule has 0 saturated heterocycles. The second-order valence-corrected chi connectivity index (χ2v) is 7.03. The van der Waals surface area contributed by atoms with Crippen LogP contribution in [-0.4, -0.2) is 0 Å². The van der Waals surface area contributed by atoms with E-state index in [0.717, 1.165) is 48.5 Å². The summed E-state index contributed by atoms with van der Waals surface area (Å²) in [4.78, 5) is 0. The normalized spacial score (nSPS) is 10.8. The first kappa shape index (κ1) is 21.4. The second kappa shape index (κ2) is 8.75. The van der Waals surface area contributed by atoms with Gasteiger partial charge in [0.05, 0.1) is 5.57 Å². The van der Waals surface area contributed by atoms with Gasteiger partial charge in [-0.15, -0.1) is 0 Å². The Labute approximate surface area is 180 Å². The lowest BCUT2D eigenvalue weighted by Crippen LogP contribution is -1.99. The molecule has 0 radical (unpaired) electrons. The van der Waals surface area contributed by atoms with Gasteiger partial charge < -0.3 is 0 Å². The van der Waals surface area contributed by atoms with Gasteiger partial charge in [0.1, 0.15) is 23.3 Å². The van der Waals surface area contributed by atoms with Crippen LogP contribution in [0.4, 0.5) is 26.3 Å². The standard InChI is InChI=1S/C26H14F6/c27-17-5-1-15(2-6-17)21-11-9-19(29)13-23(21)25(26(31)32)24-14-20(30)10-12-22(24)16-3-7-18(28)8-4-16/h1-14H. The molecule has 0 nitrogen and oxygen atoms in total. The smallest absolute Gasteiger partial charge is 0.207 e. The van der Waals surface area contributed by atoms with Crippen molar-refractivity contribution >= 4 is 5.57 Å². The lowest BCUT2D eigenvalue weighted by molar-refractivity contribution is 0.426. The zero-order valence-electron chi connectivity index (χ0n) is 16.4. The molecule has 0 unspecified atom stereocenters. The molecule has 0 N–H and O–H groups in total. The predicted molar refractivity (Wildman–Crippen MR) is 112 cm³/mol. The van der Waals surface area contributed by atoms with Gasteiger partial charge in [0.2, 0.25) is 0 Å².